The zero-order valence-electron chi connectivity index (χ0n) is 15.2. The molecule has 0 radical (unpaired) electrons. The van der Waals surface area contributed by atoms with E-state index in [0.717, 1.165) is 45.3 Å². The van der Waals surface area contributed by atoms with E-state index in [4.69, 9.17) is 5.73 Å². The van der Waals surface area contributed by atoms with Crippen LogP contribution in [-0.4, -0.2) is 36.0 Å². The molecule has 3 N–H and O–H groups in total. The third kappa shape index (κ3) is 5.70. The first kappa shape index (κ1) is 20.2. The third-order valence-corrected chi connectivity index (χ3v) is 5.72. The Morgan fingerprint density at radius 2 is 2.04 bits per heavy atom. The van der Waals surface area contributed by atoms with Gasteiger partial charge in [0.2, 0.25) is 5.91 Å². The minimum absolute atomic E-state index is 0. The summed E-state index contributed by atoms with van der Waals surface area (Å²) in [5.74, 6) is 0.895. The van der Waals surface area contributed by atoms with Gasteiger partial charge in [0.1, 0.15) is 0 Å². The topological polar surface area (TPSA) is 58.4 Å². The summed E-state index contributed by atoms with van der Waals surface area (Å²) < 4.78 is 0. The average molecular weight is 366 g/mol. The molecule has 1 amide bonds. The lowest BCUT2D eigenvalue weighted by Gasteiger charge is -2.28. The van der Waals surface area contributed by atoms with E-state index in [0.29, 0.717) is 5.92 Å². The van der Waals surface area contributed by atoms with Crippen LogP contribution in [0.4, 0.5) is 0 Å². The highest BCUT2D eigenvalue weighted by Crippen LogP contribution is 2.25. The molecule has 1 aromatic rings. The summed E-state index contributed by atoms with van der Waals surface area (Å²) in [5, 5.41) is 3.28. The van der Waals surface area contributed by atoms with E-state index in [-0.39, 0.29) is 36.3 Å². The molecule has 2 aliphatic rings. The summed E-state index contributed by atoms with van der Waals surface area (Å²) in [6, 6.07) is 11.1. The molecule has 0 aromatic heterocycles. The van der Waals surface area contributed by atoms with Crippen molar-refractivity contribution in [1.29, 1.82) is 0 Å². The SMILES string of the molecule is CC(NC(=O)C1CCCC(N)C1)C1CCN(Cc2ccccc2)C1.Cl. The van der Waals surface area contributed by atoms with Gasteiger partial charge in [-0.1, -0.05) is 36.8 Å². The van der Waals surface area contributed by atoms with Crippen molar-refractivity contribution in [1.82, 2.24) is 10.2 Å². The number of hydrogen-bond donors (Lipinski definition) is 2. The lowest BCUT2D eigenvalue weighted by atomic mass is 9.85. The Morgan fingerprint density at radius 1 is 1.28 bits per heavy atom. The number of carbonyl (C=O) groups excluding carboxylic acids is 1. The van der Waals surface area contributed by atoms with Crippen LogP contribution in [0.1, 0.15) is 44.6 Å². The van der Waals surface area contributed by atoms with Gasteiger partial charge in [-0.25, -0.2) is 0 Å². The van der Waals surface area contributed by atoms with E-state index in [1.807, 2.05) is 0 Å². The highest BCUT2D eigenvalue weighted by molar-refractivity contribution is 5.85. The monoisotopic (exact) mass is 365 g/mol. The first-order chi connectivity index (χ1) is 11.6. The van der Waals surface area contributed by atoms with Gasteiger partial charge in [-0.05, 0) is 50.6 Å². The standard InChI is InChI=1S/C20H31N3O.ClH/c1-15(22-20(24)17-8-5-9-19(21)12-17)18-10-11-23(14-18)13-16-6-3-2-4-7-16;/h2-4,6-7,15,17-19H,5,8-14,21H2,1H3,(H,22,24);1H. The van der Waals surface area contributed by atoms with Crippen molar-refractivity contribution in [2.24, 2.45) is 17.6 Å². The molecular formula is C20H32ClN3O. The van der Waals surface area contributed by atoms with Crippen molar-refractivity contribution in [2.75, 3.05) is 13.1 Å². The van der Waals surface area contributed by atoms with Crippen LogP contribution in [0.3, 0.4) is 0 Å². The second-order valence-corrected chi connectivity index (χ2v) is 7.69. The maximum Gasteiger partial charge on any atom is 0.223 e. The molecule has 4 nitrogen and oxygen atoms in total. The second kappa shape index (κ2) is 9.56. The van der Waals surface area contributed by atoms with Crippen molar-refractivity contribution in [3.05, 3.63) is 35.9 Å². The Hall–Kier alpha value is -1.10. The molecule has 1 aliphatic carbocycles. The largest absolute Gasteiger partial charge is 0.353 e. The van der Waals surface area contributed by atoms with Gasteiger partial charge in [-0.3, -0.25) is 9.69 Å². The van der Waals surface area contributed by atoms with E-state index in [9.17, 15) is 4.79 Å². The first-order valence-electron chi connectivity index (χ1n) is 9.44. The van der Waals surface area contributed by atoms with Gasteiger partial charge < -0.3 is 11.1 Å². The minimum atomic E-state index is 0. The minimum Gasteiger partial charge on any atom is -0.353 e. The second-order valence-electron chi connectivity index (χ2n) is 7.69. The van der Waals surface area contributed by atoms with Crippen LogP contribution in [-0.2, 0) is 11.3 Å². The highest BCUT2D eigenvalue weighted by Gasteiger charge is 2.31. The molecule has 5 heteroatoms. The van der Waals surface area contributed by atoms with Crippen molar-refractivity contribution < 1.29 is 4.79 Å². The van der Waals surface area contributed by atoms with Gasteiger partial charge in [-0.15, -0.1) is 12.4 Å². The number of likely N-dealkylation sites (tertiary alicyclic amines) is 1. The number of benzene rings is 1. The third-order valence-electron chi connectivity index (χ3n) is 5.72. The Kier molecular flexibility index (Phi) is 7.73. The van der Waals surface area contributed by atoms with Gasteiger partial charge in [0.25, 0.3) is 0 Å². The highest BCUT2D eigenvalue weighted by atomic mass is 35.5. The van der Waals surface area contributed by atoms with E-state index >= 15 is 0 Å². The fraction of sp³-hybridized carbons (Fsp3) is 0.650. The number of rotatable bonds is 5. The van der Waals surface area contributed by atoms with Crippen LogP contribution in [0.15, 0.2) is 30.3 Å². The predicted molar refractivity (Wildman–Crippen MR) is 105 cm³/mol. The fourth-order valence-corrected chi connectivity index (χ4v) is 4.18. The number of nitrogens with zero attached hydrogens (tertiary/aromatic N) is 1. The lowest BCUT2D eigenvalue weighted by Crippen LogP contribution is -2.44. The first-order valence-corrected chi connectivity index (χ1v) is 9.44. The Morgan fingerprint density at radius 3 is 2.76 bits per heavy atom. The van der Waals surface area contributed by atoms with Crippen molar-refractivity contribution in [3.8, 4) is 0 Å². The summed E-state index contributed by atoms with van der Waals surface area (Å²) >= 11 is 0. The number of amides is 1. The van der Waals surface area contributed by atoms with Gasteiger partial charge in [-0.2, -0.15) is 0 Å². The van der Waals surface area contributed by atoms with Crippen LogP contribution in [0, 0.1) is 11.8 Å². The molecule has 1 saturated carbocycles. The molecule has 1 aromatic carbocycles. The zero-order chi connectivity index (χ0) is 16.9. The van der Waals surface area contributed by atoms with Crippen LogP contribution < -0.4 is 11.1 Å². The molecule has 3 rings (SSSR count). The van der Waals surface area contributed by atoms with Gasteiger partial charge >= 0.3 is 0 Å². The van der Waals surface area contributed by atoms with E-state index in [1.165, 1.54) is 12.0 Å². The molecule has 1 heterocycles. The molecule has 140 valence electrons. The van der Waals surface area contributed by atoms with Gasteiger partial charge in [0, 0.05) is 31.1 Å². The van der Waals surface area contributed by atoms with E-state index < -0.39 is 0 Å². The molecule has 0 bridgehead atoms. The van der Waals surface area contributed by atoms with Crippen LogP contribution in [0.2, 0.25) is 0 Å². The molecule has 2 fully saturated rings. The van der Waals surface area contributed by atoms with Gasteiger partial charge in [0.05, 0.1) is 0 Å². The van der Waals surface area contributed by atoms with Gasteiger partial charge in [0.15, 0.2) is 0 Å². The van der Waals surface area contributed by atoms with Crippen molar-refractivity contribution in [3.63, 3.8) is 0 Å². The fourth-order valence-electron chi connectivity index (χ4n) is 4.18. The van der Waals surface area contributed by atoms with Crippen molar-refractivity contribution in [2.45, 2.75) is 57.7 Å². The zero-order valence-corrected chi connectivity index (χ0v) is 16.0. The Bertz CT molecular complexity index is 539. The van der Waals surface area contributed by atoms with E-state index in [1.54, 1.807) is 0 Å². The Labute approximate surface area is 157 Å². The summed E-state index contributed by atoms with van der Waals surface area (Å²) in [4.78, 5) is 15.0. The normalized spacial score (nSPS) is 28.2. The van der Waals surface area contributed by atoms with Crippen LogP contribution >= 0.6 is 12.4 Å². The lowest BCUT2D eigenvalue weighted by molar-refractivity contribution is -0.127. The molecule has 1 aliphatic heterocycles. The number of halogens is 1. The van der Waals surface area contributed by atoms with Crippen LogP contribution in [0.25, 0.3) is 0 Å². The smallest absolute Gasteiger partial charge is 0.223 e. The molecule has 1 saturated heterocycles. The quantitative estimate of drug-likeness (QED) is 0.843. The number of hydrogen-bond acceptors (Lipinski definition) is 3. The predicted octanol–water partition coefficient (Wildman–Crippen LogP) is 2.95. The average Bonchev–Trinajstić information content (AvgIpc) is 3.04. The Balaban J connectivity index is 0.00000225. The maximum atomic E-state index is 12.5. The summed E-state index contributed by atoms with van der Waals surface area (Å²) in [6.45, 7) is 5.36. The number of nitrogens with one attached hydrogen (secondary N) is 1. The van der Waals surface area contributed by atoms with Crippen molar-refractivity contribution >= 4 is 18.3 Å². The summed E-state index contributed by atoms with van der Waals surface area (Å²) in [6.07, 6.45) is 5.16. The molecule has 4 unspecified atom stereocenters. The molecular weight excluding hydrogens is 334 g/mol. The number of carbonyl (C=O) groups is 1. The summed E-state index contributed by atoms with van der Waals surface area (Å²) in [7, 11) is 0. The van der Waals surface area contributed by atoms with E-state index in [2.05, 4.69) is 47.5 Å². The number of nitrogens with two attached hydrogens (primary N) is 1. The molecule has 4 atom stereocenters. The van der Waals surface area contributed by atoms with Crippen LogP contribution in [0.5, 0.6) is 0 Å². The molecule has 25 heavy (non-hydrogen) atoms. The maximum absolute atomic E-state index is 12.5. The summed E-state index contributed by atoms with van der Waals surface area (Å²) in [5.41, 5.74) is 7.39. The molecule has 0 spiro atoms.